The zero-order valence-corrected chi connectivity index (χ0v) is 11.1. The number of aliphatic carboxylic acids is 1. The smallest absolute Gasteiger partial charge is 0.307 e. The van der Waals surface area contributed by atoms with Crippen LogP contribution in [0.15, 0.2) is 24.3 Å². The van der Waals surface area contributed by atoms with Gasteiger partial charge in [-0.2, -0.15) is 0 Å². The minimum Gasteiger partial charge on any atom is -0.491 e. The van der Waals surface area contributed by atoms with Crippen molar-refractivity contribution >= 4 is 5.97 Å². The first kappa shape index (κ1) is 16.9. The Morgan fingerprint density at radius 3 is 2.27 bits per heavy atom. The zero-order valence-electron chi connectivity index (χ0n) is 11.1. The Morgan fingerprint density at radius 1 is 1.14 bits per heavy atom. The molecule has 0 saturated carbocycles. The second-order valence-electron chi connectivity index (χ2n) is 4.00. The number of carbonyl (C=O) groups is 1. The molecule has 1 atom stereocenters. The monoisotopic (exact) mass is 316 g/mol. The molecule has 120 valence electrons. The van der Waals surface area contributed by atoms with Crippen LogP contribution in [-0.2, 0) is 20.9 Å². The van der Waals surface area contributed by atoms with E-state index in [1.54, 1.807) is 0 Å². The lowest BCUT2D eigenvalue weighted by atomic mass is 10.1. The van der Waals surface area contributed by atoms with E-state index in [0.29, 0.717) is 11.3 Å². The summed E-state index contributed by atoms with van der Waals surface area (Å²) in [5, 5.41) is 26.7. The van der Waals surface area contributed by atoms with Crippen molar-refractivity contribution in [2.24, 2.45) is 0 Å². The molecule has 1 rings (SSSR count). The predicted molar refractivity (Wildman–Crippen MR) is 68.1 cm³/mol. The fraction of sp³-hybridized carbons (Fsp3) is 0.364. The molecular formula is C11H12N2O9. The highest BCUT2D eigenvalue weighted by Crippen LogP contribution is 2.13. The van der Waals surface area contributed by atoms with Gasteiger partial charge in [0.25, 0.3) is 10.2 Å². The zero-order chi connectivity index (χ0) is 16.5. The van der Waals surface area contributed by atoms with Crippen molar-refractivity contribution in [1.82, 2.24) is 0 Å². The Morgan fingerprint density at radius 2 is 1.77 bits per heavy atom. The average molecular weight is 316 g/mol. The minimum atomic E-state index is -1.28. The van der Waals surface area contributed by atoms with Crippen molar-refractivity contribution in [2.75, 3.05) is 13.2 Å². The van der Waals surface area contributed by atoms with Crippen molar-refractivity contribution in [2.45, 2.75) is 12.5 Å². The molecule has 0 aliphatic rings. The summed E-state index contributed by atoms with van der Waals surface area (Å²) >= 11 is 0. The van der Waals surface area contributed by atoms with E-state index in [4.69, 9.17) is 9.84 Å². The van der Waals surface area contributed by atoms with Gasteiger partial charge in [0.1, 0.15) is 19.0 Å². The summed E-state index contributed by atoms with van der Waals surface area (Å²) in [4.78, 5) is 39.0. The molecule has 1 aromatic rings. The van der Waals surface area contributed by atoms with Gasteiger partial charge in [0, 0.05) is 0 Å². The van der Waals surface area contributed by atoms with Gasteiger partial charge >= 0.3 is 5.97 Å². The van der Waals surface area contributed by atoms with Crippen LogP contribution in [0.3, 0.4) is 0 Å². The van der Waals surface area contributed by atoms with Gasteiger partial charge in [-0.1, -0.05) is 12.1 Å². The molecule has 0 radical (unpaired) electrons. The highest BCUT2D eigenvalue weighted by atomic mass is 17.0. The first-order valence-electron chi connectivity index (χ1n) is 5.89. The van der Waals surface area contributed by atoms with E-state index in [-0.39, 0.29) is 13.0 Å². The Balaban J connectivity index is 2.53. The van der Waals surface area contributed by atoms with E-state index in [9.17, 15) is 25.0 Å². The summed E-state index contributed by atoms with van der Waals surface area (Å²) in [5.74, 6) is -0.683. The highest BCUT2D eigenvalue weighted by molar-refractivity contribution is 5.70. The summed E-state index contributed by atoms with van der Waals surface area (Å²) in [5.41, 5.74) is 0.551. The van der Waals surface area contributed by atoms with Crippen molar-refractivity contribution < 1.29 is 34.5 Å². The fourth-order valence-corrected chi connectivity index (χ4v) is 1.44. The number of hydrogen-bond acceptors (Lipinski definition) is 8. The topological polar surface area (TPSA) is 151 Å². The van der Waals surface area contributed by atoms with Crippen molar-refractivity contribution in [3.05, 3.63) is 50.1 Å². The average Bonchev–Trinajstić information content (AvgIpc) is 2.42. The number of carboxylic acid groups (broad SMARTS) is 1. The number of nitrogens with zero attached hydrogens (tertiary/aromatic N) is 2. The van der Waals surface area contributed by atoms with Crippen LogP contribution in [-0.4, -0.2) is 40.6 Å². The van der Waals surface area contributed by atoms with E-state index in [0.717, 1.165) is 0 Å². The number of carboxylic acids is 1. The highest BCUT2D eigenvalue weighted by Gasteiger charge is 2.17. The second-order valence-corrected chi connectivity index (χ2v) is 4.00. The molecule has 1 N–H and O–H groups in total. The maximum atomic E-state index is 10.5. The van der Waals surface area contributed by atoms with Crippen LogP contribution in [0.2, 0.25) is 0 Å². The lowest BCUT2D eigenvalue weighted by Gasteiger charge is -2.14. The molecule has 0 heterocycles. The maximum absolute atomic E-state index is 10.5. The SMILES string of the molecule is O=C(O)Cc1ccc(OCC(CO[N+](=O)[O-])O[N+](=O)[O-])cc1. The molecule has 1 unspecified atom stereocenters. The van der Waals surface area contributed by atoms with E-state index in [1.165, 1.54) is 24.3 Å². The largest absolute Gasteiger partial charge is 0.491 e. The molecule has 11 heteroatoms. The van der Waals surface area contributed by atoms with Crippen LogP contribution in [0.25, 0.3) is 0 Å². The Bertz CT molecular complexity index is 531. The molecular weight excluding hydrogens is 304 g/mol. The third-order valence-electron chi connectivity index (χ3n) is 2.32. The van der Waals surface area contributed by atoms with Gasteiger partial charge in [0.15, 0.2) is 6.10 Å². The van der Waals surface area contributed by atoms with Gasteiger partial charge in [-0.05, 0) is 17.7 Å². The van der Waals surface area contributed by atoms with E-state index in [2.05, 4.69) is 9.68 Å². The second kappa shape index (κ2) is 8.24. The third-order valence-corrected chi connectivity index (χ3v) is 2.32. The van der Waals surface area contributed by atoms with Gasteiger partial charge in [-0.25, -0.2) is 0 Å². The Kier molecular flexibility index (Phi) is 6.34. The van der Waals surface area contributed by atoms with Gasteiger partial charge in [-0.15, -0.1) is 20.2 Å². The molecule has 11 nitrogen and oxygen atoms in total. The lowest BCUT2D eigenvalue weighted by molar-refractivity contribution is -0.790. The molecule has 0 aliphatic carbocycles. The number of hydrogen-bond donors (Lipinski definition) is 1. The van der Waals surface area contributed by atoms with Crippen LogP contribution in [0.1, 0.15) is 5.56 Å². The van der Waals surface area contributed by atoms with E-state index in [1.807, 2.05) is 0 Å². The standard InChI is InChI=1S/C11H12N2O9/c14-11(15)5-8-1-3-9(4-2-8)20-6-10(22-13(18)19)7-21-12(16)17/h1-4,10H,5-7H2,(H,14,15). The molecule has 22 heavy (non-hydrogen) atoms. The van der Waals surface area contributed by atoms with Crippen LogP contribution < -0.4 is 4.74 Å². The van der Waals surface area contributed by atoms with Crippen molar-refractivity contribution in [1.29, 1.82) is 0 Å². The van der Waals surface area contributed by atoms with Gasteiger partial charge in [-0.3, -0.25) is 4.79 Å². The van der Waals surface area contributed by atoms with Gasteiger partial charge in [0.2, 0.25) is 0 Å². The van der Waals surface area contributed by atoms with Crippen LogP contribution in [0, 0.1) is 20.2 Å². The van der Waals surface area contributed by atoms with Crippen molar-refractivity contribution in [3.63, 3.8) is 0 Å². The quantitative estimate of drug-likeness (QED) is 0.479. The molecule has 0 spiro atoms. The lowest BCUT2D eigenvalue weighted by Crippen LogP contribution is -2.30. The van der Waals surface area contributed by atoms with Gasteiger partial charge in [0.05, 0.1) is 6.42 Å². The maximum Gasteiger partial charge on any atom is 0.307 e. The van der Waals surface area contributed by atoms with Crippen LogP contribution in [0.4, 0.5) is 0 Å². The summed E-state index contributed by atoms with van der Waals surface area (Å²) in [6, 6.07) is 5.96. The molecule has 0 amide bonds. The normalized spacial score (nSPS) is 11.3. The van der Waals surface area contributed by atoms with Crippen molar-refractivity contribution in [3.8, 4) is 5.75 Å². The number of rotatable bonds is 10. The minimum absolute atomic E-state index is 0.149. The summed E-state index contributed by atoms with van der Waals surface area (Å²) < 4.78 is 5.18. The molecule has 0 aromatic heterocycles. The Labute approximate surface area is 123 Å². The van der Waals surface area contributed by atoms with E-state index < -0.39 is 28.9 Å². The predicted octanol–water partition coefficient (Wildman–Crippen LogP) is 0.478. The summed E-state index contributed by atoms with van der Waals surface area (Å²) in [6.07, 6.45) is -1.43. The number of benzene rings is 1. The summed E-state index contributed by atoms with van der Waals surface area (Å²) in [7, 11) is 0. The molecule has 0 saturated heterocycles. The van der Waals surface area contributed by atoms with Crippen LogP contribution in [0.5, 0.6) is 5.75 Å². The molecule has 0 fully saturated rings. The molecule has 0 bridgehead atoms. The number of ether oxygens (including phenoxy) is 1. The fourth-order valence-electron chi connectivity index (χ4n) is 1.44. The summed E-state index contributed by atoms with van der Waals surface area (Å²) in [6.45, 7) is -1.02. The van der Waals surface area contributed by atoms with Crippen LogP contribution >= 0.6 is 0 Å². The van der Waals surface area contributed by atoms with E-state index >= 15 is 0 Å². The van der Waals surface area contributed by atoms with Gasteiger partial charge < -0.3 is 19.5 Å². The first-order valence-corrected chi connectivity index (χ1v) is 5.89. The molecule has 1 aromatic carbocycles. The first-order chi connectivity index (χ1) is 10.4. The Hall–Kier alpha value is -3.11. The third kappa shape index (κ3) is 6.88. The molecule has 0 aliphatic heterocycles.